The Labute approximate surface area is 201 Å². The summed E-state index contributed by atoms with van der Waals surface area (Å²) >= 11 is 6.05. The molecular formula is C25H27ClF3N3O2. The van der Waals surface area contributed by atoms with E-state index in [2.05, 4.69) is 0 Å². The smallest absolute Gasteiger partial charge is 0.431 e. The molecule has 9 heteroatoms. The van der Waals surface area contributed by atoms with Crippen molar-refractivity contribution in [3.63, 3.8) is 0 Å². The van der Waals surface area contributed by atoms with Crippen molar-refractivity contribution in [1.29, 1.82) is 0 Å². The third-order valence-corrected chi connectivity index (χ3v) is 5.95. The minimum Gasteiger partial charge on any atom is -0.444 e. The summed E-state index contributed by atoms with van der Waals surface area (Å²) in [4.78, 5) is 16.0. The van der Waals surface area contributed by atoms with Crippen LogP contribution in [0.25, 0.3) is 10.9 Å². The molecule has 1 fully saturated rings. The van der Waals surface area contributed by atoms with Crippen LogP contribution in [-0.4, -0.2) is 47.3 Å². The molecule has 2 heterocycles. The summed E-state index contributed by atoms with van der Waals surface area (Å²) in [5.41, 5.74) is 0.616. The molecule has 0 saturated carbocycles. The summed E-state index contributed by atoms with van der Waals surface area (Å²) in [6.07, 6.45) is -4.89. The maximum atomic E-state index is 14.0. The molecule has 0 aliphatic carbocycles. The van der Waals surface area contributed by atoms with E-state index in [0.717, 1.165) is 5.69 Å². The van der Waals surface area contributed by atoms with Gasteiger partial charge in [0.25, 0.3) is 0 Å². The van der Waals surface area contributed by atoms with Crippen LogP contribution in [0.3, 0.4) is 0 Å². The standard InChI is InChI=1S/C25H27ClF3N3O2/c1-24(2,3)34-23(33)31-12-10-30(11-13-31)20-8-5-9-21-19(20)15-22(25(27,28)29)32(21)16-17-6-4-7-18(26)14-17/h4-9,14-15H,10-13,16H2,1-3H3. The van der Waals surface area contributed by atoms with Crippen LogP contribution in [0.2, 0.25) is 5.02 Å². The number of hydrogen-bond donors (Lipinski definition) is 0. The molecule has 0 atom stereocenters. The van der Waals surface area contributed by atoms with Gasteiger partial charge in [0.2, 0.25) is 0 Å². The van der Waals surface area contributed by atoms with E-state index in [9.17, 15) is 18.0 Å². The number of fused-ring (bicyclic) bond motifs is 1. The van der Waals surface area contributed by atoms with Crippen LogP contribution < -0.4 is 4.90 Å². The third-order valence-electron chi connectivity index (χ3n) is 5.71. The monoisotopic (exact) mass is 493 g/mol. The highest BCUT2D eigenvalue weighted by Gasteiger charge is 2.36. The Bertz CT molecular complexity index is 1190. The molecule has 2 aromatic carbocycles. The number of carbonyl (C=O) groups is 1. The van der Waals surface area contributed by atoms with E-state index in [1.807, 2.05) is 31.7 Å². The molecule has 1 saturated heterocycles. The quantitative estimate of drug-likeness (QED) is 0.422. The fourth-order valence-electron chi connectivity index (χ4n) is 4.22. The average molecular weight is 494 g/mol. The van der Waals surface area contributed by atoms with Gasteiger partial charge >= 0.3 is 12.3 Å². The van der Waals surface area contributed by atoms with Crippen LogP contribution in [0.1, 0.15) is 32.0 Å². The predicted molar refractivity (Wildman–Crippen MR) is 128 cm³/mol. The van der Waals surface area contributed by atoms with Gasteiger partial charge in [-0.2, -0.15) is 13.2 Å². The van der Waals surface area contributed by atoms with Gasteiger partial charge in [-0.1, -0.05) is 29.8 Å². The Morgan fingerprint density at radius 3 is 2.29 bits per heavy atom. The number of carbonyl (C=O) groups excluding carboxylic acids is 1. The molecule has 182 valence electrons. The van der Waals surface area contributed by atoms with Crippen LogP contribution in [0.5, 0.6) is 0 Å². The van der Waals surface area contributed by atoms with E-state index < -0.39 is 17.5 Å². The highest BCUT2D eigenvalue weighted by Crippen LogP contribution is 2.38. The molecule has 1 aliphatic rings. The Kier molecular flexibility index (Phi) is 6.46. The largest absolute Gasteiger partial charge is 0.444 e. The van der Waals surface area contributed by atoms with Crippen LogP contribution in [-0.2, 0) is 17.5 Å². The van der Waals surface area contributed by atoms with Gasteiger partial charge < -0.3 is 19.1 Å². The highest BCUT2D eigenvalue weighted by molar-refractivity contribution is 6.30. The van der Waals surface area contributed by atoms with Gasteiger partial charge in [-0.25, -0.2) is 4.79 Å². The van der Waals surface area contributed by atoms with E-state index in [-0.39, 0.29) is 12.6 Å². The Morgan fingerprint density at radius 1 is 1.00 bits per heavy atom. The number of nitrogens with zero attached hydrogens (tertiary/aromatic N) is 3. The summed E-state index contributed by atoms with van der Waals surface area (Å²) in [5, 5.41) is 1.01. The minimum atomic E-state index is -4.51. The Hall–Kier alpha value is -2.87. The van der Waals surface area contributed by atoms with E-state index >= 15 is 0 Å². The maximum absolute atomic E-state index is 14.0. The molecule has 5 nitrogen and oxygen atoms in total. The summed E-state index contributed by atoms with van der Waals surface area (Å²) < 4.78 is 48.7. The molecule has 3 aromatic rings. The average Bonchev–Trinajstić information content (AvgIpc) is 3.12. The molecule has 0 unspecified atom stereocenters. The first-order chi connectivity index (χ1) is 15.9. The van der Waals surface area contributed by atoms with E-state index in [0.29, 0.717) is 47.7 Å². The van der Waals surface area contributed by atoms with Gasteiger partial charge in [-0.05, 0) is 56.7 Å². The highest BCUT2D eigenvalue weighted by atomic mass is 35.5. The summed E-state index contributed by atoms with van der Waals surface area (Å²) in [6.45, 7) is 7.35. The normalized spacial score (nSPS) is 15.1. The number of anilines is 1. The lowest BCUT2D eigenvalue weighted by Gasteiger charge is -2.37. The fourth-order valence-corrected chi connectivity index (χ4v) is 4.44. The molecule has 1 amide bonds. The first-order valence-corrected chi connectivity index (χ1v) is 11.5. The van der Waals surface area contributed by atoms with Gasteiger partial charge in [0.15, 0.2) is 0 Å². The van der Waals surface area contributed by atoms with E-state index in [4.69, 9.17) is 16.3 Å². The van der Waals surface area contributed by atoms with Crippen molar-refractivity contribution in [3.05, 3.63) is 64.8 Å². The zero-order valence-electron chi connectivity index (χ0n) is 19.3. The number of amides is 1. The number of benzene rings is 2. The third kappa shape index (κ3) is 5.27. The second-order valence-corrected chi connectivity index (χ2v) is 9.84. The van der Waals surface area contributed by atoms with E-state index in [1.54, 1.807) is 41.3 Å². The van der Waals surface area contributed by atoms with Crippen molar-refractivity contribution >= 4 is 34.3 Å². The lowest BCUT2D eigenvalue weighted by molar-refractivity contribution is -0.143. The van der Waals surface area contributed by atoms with Crippen LogP contribution in [0.4, 0.5) is 23.7 Å². The second-order valence-electron chi connectivity index (χ2n) is 9.41. The zero-order valence-corrected chi connectivity index (χ0v) is 20.1. The van der Waals surface area contributed by atoms with Crippen LogP contribution in [0, 0.1) is 0 Å². The zero-order chi connectivity index (χ0) is 24.7. The van der Waals surface area contributed by atoms with Gasteiger partial charge in [0.1, 0.15) is 11.3 Å². The molecule has 0 bridgehead atoms. The molecule has 0 spiro atoms. The van der Waals surface area contributed by atoms with Gasteiger partial charge in [0.05, 0.1) is 5.52 Å². The number of halogens is 4. The van der Waals surface area contributed by atoms with Crippen molar-refractivity contribution in [3.8, 4) is 0 Å². The van der Waals surface area contributed by atoms with Crippen molar-refractivity contribution in [1.82, 2.24) is 9.47 Å². The molecule has 34 heavy (non-hydrogen) atoms. The van der Waals surface area contributed by atoms with Gasteiger partial charge in [-0.15, -0.1) is 0 Å². The molecule has 4 rings (SSSR count). The topological polar surface area (TPSA) is 37.7 Å². The fraction of sp³-hybridized carbons (Fsp3) is 0.400. The first-order valence-electron chi connectivity index (χ1n) is 11.1. The minimum absolute atomic E-state index is 0.0504. The first kappa shape index (κ1) is 24.3. The van der Waals surface area contributed by atoms with Gasteiger partial charge in [0, 0.05) is 48.8 Å². The van der Waals surface area contributed by atoms with Crippen molar-refractivity contribution in [2.45, 2.75) is 39.1 Å². The summed E-state index contributed by atoms with van der Waals surface area (Å²) in [7, 11) is 0. The van der Waals surface area contributed by atoms with Crippen LogP contribution >= 0.6 is 11.6 Å². The Balaban J connectivity index is 1.64. The molecule has 1 aliphatic heterocycles. The number of hydrogen-bond acceptors (Lipinski definition) is 3. The number of aromatic nitrogens is 1. The lowest BCUT2D eigenvalue weighted by atomic mass is 10.1. The van der Waals surface area contributed by atoms with Crippen molar-refractivity contribution in [2.75, 3.05) is 31.1 Å². The SMILES string of the molecule is CC(C)(C)OC(=O)N1CCN(c2cccc3c2cc(C(F)(F)F)n3Cc2cccc(Cl)c2)CC1. The summed E-state index contributed by atoms with van der Waals surface area (Å²) in [6, 6.07) is 13.4. The van der Waals surface area contributed by atoms with E-state index in [1.165, 1.54) is 10.6 Å². The number of rotatable bonds is 3. The maximum Gasteiger partial charge on any atom is 0.431 e. The molecular weight excluding hydrogens is 467 g/mol. The molecule has 0 radical (unpaired) electrons. The molecule has 1 aromatic heterocycles. The van der Waals surface area contributed by atoms with Crippen LogP contribution in [0.15, 0.2) is 48.5 Å². The molecule has 0 N–H and O–H groups in total. The number of piperazine rings is 1. The summed E-state index contributed by atoms with van der Waals surface area (Å²) in [5.74, 6) is 0. The predicted octanol–water partition coefficient (Wildman–Crippen LogP) is 6.42. The second kappa shape index (κ2) is 9.06. The van der Waals surface area contributed by atoms with Crippen molar-refractivity contribution in [2.24, 2.45) is 0 Å². The van der Waals surface area contributed by atoms with Crippen molar-refractivity contribution < 1.29 is 22.7 Å². The van der Waals surface area contributed by atoms with Gasteiger partial charge in [-0.3, -0.25) is 0 Å². The number of alkyl halides is 3. The lowest BCUT2D eigenvalue weighted by Crippen LogP contribution is -2.50. The number of ether oxygens (including phenoxy) is 1. The Morgan fingerprint density at radius 2 is 1.68 bits per heavy atom.